The van der Waals surface area contributed by atoms with Gasteiger partial charge in [-0.2, -0.15) is 0 Å². The van der Waals surface area contributed by atoms with E-state index in [1.54, 1.807) is 25.5 Å². The molecule has 0 atom stereocenters. The Labute approximate surface area is 141 Å². The molecule has 23 heavy (non-hydrogen) atoms. The fourth-order valence-electron chi connectivity index (χ4n) is 2.16. The molecule has 2 N–H and O–H groups in total. The van der Waals surface area contributed by atoms with Crippen molar-refractivity contribution in [2.45, 2.75) is 33.0 Å². The Morgan fingerprint density at radius 1 is 1.26 bits per heavy atom. The van der Waals surface area contributed by atoms with Gasteiger partial charge in [0.25, 0.3) is 0 Å². The molecule has 0 amide bonds. The molecule has 5 nitrogen and oxygen atoms in total. The normalized spacial score (nSPS) is 11.5. The van der Waals surface area contributed by atoms with Gasteiger partial charge in [0.1, 0.15) is 5.01 Å². The van der Waals surface area contributed by atoms with Gasteiger partial charge in [0.2, 0.25) is 0 Å². The first-order chi connectivity index (χ1) is 11.2. The van der Waals surface area contributed by atoms with E-state index >= 15 is 0 Å². The lowest BCUT2D eigenvalue weighted by atomic mass is 10.1. The van der Waals surface area contributed by atoms with Gasteiger partial charge in [0, 0.05) is 31.8 Å². The van der Waals surface area contributed by atoms with E-state index in [9.17, 15) is 0 Å². The van der Waals surface area contributed by atoms with E-state index in [1.807, 2.05) is 12.3 Å². The molecule has 2 aromatic rings. The zero-order valence-electron chi connectivity index (χ0n) is 13.9. The van der Waals surface area contributed by atoms with Crippen molar-refractivity contribution in [2.75, 3.05) is 14.2 Å². The minimum Gasteiger partial charge on any atom is -0.380 e. The van der Waals surface area contributed by atoms with Crippen molar-refractivity contribution in [1.29, 1.82) is 0 Å². The quantitative estimate of drug-likeness (QED) is 0.605. The van der Waals surface area contributed by atoms with Crippen LogP contribution in [0.4, 0.5) is 0 Å². The molecule has 2 rings (SSSR count). The monoisotopic (exact) mass is 332 g/mol. The lowest BCUT2D eigenvalue weighted by Crippen LogP contribution is -2.36. The Balaban J connectivity index is 1.84. The van der Waals surface area contributed by atoms with Crippen LogP contribution in [0.1, 0.15) is 27.9 Å². The summed E-state index contributed by atoms with van der Waals surface area (Å²) in [6, 6.07) is 8.34. The number of ether oxygens (including phenoxy) is 1. The largest absolute Gasteiger partial charge is 0.380 e. The summed E-state index contributed by atoms with van der Waals surface area (Å²) in [5.74, 6) is 0.774. The number of benzene rings is 1. The number of rotatable bonds is 7. The number of methoxy groups -OCH3 is 1. The molecular formula is C17H24N4OS. The first kappa shape index (κ1) is 17.4. The van der Waals surface area contributed by atoms with Crippen LogP contribution < -0.4 is 10.6 Å². The third-order valence-corrected chi connectivity index (χ3v) is 4.48. The second-order valence-electron chi connectivity index (χ2n) is 5.11. The van der Waals surface area contributed by atoms with Crippen molar-refractivity contribution in [1.82, 2.24) is 15.6 Å². The summed E-state index contributed by atoms with van der Waals surface area (Å²) in [7, 11) is 3.48. The number of hydrogen-bond acceptors (Lipinski definition) is 4. The molecule has 0 saturated carbocycles. The molecule has 1 heterocycles. The summed E-state index contributed by atoms with van der Waals surface area (Å²) in [6.07, 6.45) is 2.97. The number of nitrogens with one attached hydrogen (secondary N) is 2. The number of hydrogen-bond donors (Lipinski definition) is 2. The van der Waals surface area contributed by atoms with E-state index in [1.165, 1.54) is 16.0 Å². The predicted octanol–water partition coefficient (Wildman–Crippen LogP) is 2.72. The summed E-state index contributed by atoms with van der Waals surface area (Å²) in [4.78, 5) is 9.96. The van der Waals surface area contributed by atoms with E-state index in [0.29, 0.717) is 13.2 Å². The van der Waals surface area contributed by atoms with E-state index in [-0.39, 0.29) is 0 Å². The molecule has 0 aliphatic rings. The van der Waals surface area contributed by atoms with Crippen molar-refractivity contribution in [3.05, 3.63) is 51.5 Å². The van der Waals surface area contributed by atoms with Crippen LogP contribution in [0.2, 0.25) is 0 Å². The minimum atomic E-state index is 0.630. The predicted molar refractivity (Wildman–Crippen MR) is 95.7 cm³/mol. The van der Waals surface area contributed by atoms with Crippen LogP contribution >= 0.6 is 11.3 Å². The molecule has 6 heteroatoms. The van der Waals surface area contributed by atoms with Crippen molar-refractivity contribution >= 4 is 17.3 Å². The number of aromatic nitrogens is 1. The third kappa shape index (κ3) is 5.65. The maximum atomic E-state index is 5.17. The lowest BCUT2D eigenvalue weighted by molar-refractivity contribution is 0.185. The van der Waals surface area contributed by atoms with Gasteiger partial charge in [-0.05, 0) is 17.5 Å². The molecule has 1 aromatic heterocycles. The number of nitrogens with zero attached hydrogens (tertiary/aromatic N) is 2. The number of thiazole rings is 1. The number of guanidine groups is 1. The Hall–Kier alpha value is -1.92. The summed E-state index contributed by atoms with van der Waals surface area (Å²) in [6.45, 7) is 4.18. The molecule has 0 spiro atoms. The Bertz CT molecular complexity index is 639. The Morgan fingerprint density at radius 3 is 2.74 bits per heavy atom. The van der Waals surface area contributed by atoms with E-state index in [0.717, 1.165) is 23.9 Å². The van der Waals surface area contributed by atoms with Crippen LogP contribution in [0.3, 0.4) is 0 Å². The highest BCUT2D eigenvalue weighted by Crippen LogP contribution is 2.12. The van der Waals surface area contributed by atoms with E-state index < -0.39 is 0 Å². The second-order valence-corrected chi connectivity index (χ2v) is 6.31. The summed E-state index contributed by atoms with van der Waals surface area (Å²) >= 11 is 1.74. The van der Waals surface area contributed by atoms with Crippen molar-refractivity contribution in [2.24, 2.45) is 4.99 Å². The zero-order chi connectivity index (χ0) is 16.5. The summed E-state index contributed by atoms with van der Waals surface area (Å²) < 4.78 is 5.17. The molecule has 0 radical (unpaired) electrons. The van der Waals surface area contributed by atoms with Gasteiger partial charge in [-0.15, -0.1) is 11.3 Å². The average Bonchev–Trinajstić information content (AvgIpc) is 3.04. The molecular weight excluding hydrogens is 308 g/mol. The average molecular weight is 332 g/mol. The molecule has 0 saturated heterocycles. The third-order valence-electron chi connectivity index (χ3n) is 3.34. The first-order valence-corrected chi connectivity index (χ1v) is 8.51. The summed E-state index contributed by atoms with van der Waals surface area (Å²) in [5, 5.41) is 7.69. The second kappa shape index (κ2) is 9.27. The molecule has 0 unspecified atom stereocenters. The fraction of sp³-hybridized carbons (Fsp3) is 0.412. The zero-order valence-corrected chi connectivity index (χ0v) is 14.7. The molecule has 0 fully saturated rings. The van der Waals surface area contributed by atoms with E-state index in [2.05, 4.69) is 45.7 Å². The maximum Gasteiger partial charge on any atom is 0.191 e. The number of aryl methyl sites for hydroxylation is 1. The van der Waals surface area contributed by atoms with Crippen LogP contribution in [0.25, 0.3) is 0 Å². The van der Waals surface area contributed by atoms with Gasteiger partial charge in [-0.1, -0.05) is 31.2 Å². The van der Waals surface area contributed by atoms with Gasteiger partial charge in [0.15, 0.2) is 5.96 Å². The van der Waals surface area contributed by atoms with Gasteiger partial charge >= 0.3 is 0 Å². The van der Waals surface area contributed by atoms with Crippen LogP contribution in [0.15, 0.2) is 35.5 Å². The highest BCUT2D eigenvalue weighted by atomic mass is 32.1. The van der Waals surface area contributed by atoms with Crippen LogP contribution in [0, 0.1) is 0 Å². The van der Waals surface area contributed by atoms with Crippen LogP contribution in [-0.4, -0.2) is 25.1 Å². The SMILES string of the molecule is CCc1cnc(CNC(=NC)NCc2cccc(COC)c2)s1. The van der Waals surface area contributed by atoms with Gasteiger partial charge in [-0.25, -0.2) is 4.98 Å². The van der Waals surface area contributed by atoms with Gasteiger partial charge in [0.05, 0.1) is 13.2 Å². The standard InChI is InChI=1S/C17H24N4OS/c1-4-15-10-19-16(23-15)11-21-17(18-2)20-9-13-6-5-7-14(8-13)12-22-3/h5-8,10H,4,9,11-12H2,1-3H3,(H2,18,20,21). The van der Waals surface area contributed by atoms with Crippen molar-refractivity contribution < 1.29 is 4.74 Å². The molecule has 0 aliphatic carbocycles. The minimum absolute atomic E-state index is 0.630. The smallest absolute Gasteiger partial charge is 0.191 e. The van der Waals surface area contributed by atoms with E-state index in [4.69, 9.17) is 4.74 Å². The topological polar surface area (TPSA) is 58.5 Å². The Kier molecular flexibility index (Phi) is 7.03. The van der Waals surface area contributed by atoms with Crippen molar-refractivity contribution in [3.8, 4) is 0 Å². The number of aliphatic imine (C=N–C) groups is 1. The maximum absolute atomic E-state index is 5.17. The lowest BCUT2D eigenvalue weighted by Gasteiger charge is -2.11. The van der Waals surface area contributed by atoms with Crippen LogP contribution in [0.5, 0.6) is 0 Å². The van der Waals surface area contributed by atoms with Gasteiger partial charge < -0.3 is 15.4 Å². The fourth-order valence-corrected chi connectivity index (χ4v) is 2.96. The van der Waals surface area contributed by atoms with Gasteiger partial charge in [-0.3, -0.25) is 4.99 Å². The molecule has 0 bridgehead atoms. The highest BCUT2D eigenvalue weighted by molar-refractivity contribution is 7.11. The van der Waals surface area contributed by atoms with Crippen LogP contribution in [-0.2, 0) is 30.9 Å². The molecule has 1 aromatic carbocycles. The Morgan fingerprint density at radius 2 is 2.04 bits per heavy atom. The first-order valence-electron chi connectivity index (χ1n) is 7.70. The highest BCUT2D eigenvalue weighted by Gasteiger charge is 2.03. The molecule has 124 valence electrons. The van der Waals surface area contributed by atoms with Crippen molar-refractivity contribution in [3.63, 3.8) is 0 Å². The molecule has 0 aliphatic heterocycles. The summed E-state index contributed by atoms with van der Waals surface area (Å²) in [5.41, 5.74) is 2.37.